The first-order chi connectivity index (χ1) is 7.88. The van der Waals surface area contributed by atoms with Crippen molar-refractivity contribution in [3.05, 3.63) is 42.2 Å². The summed E-state index contributed by atoms with van der Waals surface area (Å²) in [4.78, 5) is 7.55. The predicted octanol–water partition coefficient (Wildman–Crippen LogP) is 3.50. The van der Waals surface area contributed by atoms with Gasteiger partial charge in [-0.3, -0.25) is 4.98 Å². The van der Waals surface area contributed by atoms with Crippen molar-refractivity contribution in [3.8, 4) is 0 Å². The monoisotopic (exact) mass is 230 g/mol. The van der Waals surface area contributed by atoms with Crippen LogP contribution in [-0.2, 0) is 6.42 Å². The molecular weight excluding hydrogens is 220 g/mol. The number of halogens is 1. The number of rotatable bonds is 2. The van der Waals surface area contributed by atoms with E-state index in [9.17, 15) is 0 Å². The number of pyridine rings is 1. The fourth-order valence-electron chi connectivity index (χ4n) is 2.06. The van der Waals surface area contributed by atoms with Crippen LogP contribution >= 0.6 is 11.6 Å². The summed E-state index contributed by atoms with van der Waals surface area (Å²) in [5, 5.41) is 2.40. The van der Waals surface area contributed by atoms with Crippen LogP contribution in [0.1, 0.15) is 5.56 Å². The second-order valence-corrected chi connectivity index (χ2v) is 4.24. The smallest absolute Gasteiger partial charge is 0.0495 e. The van der Waals surface area contributed by atoms with E-state index in [0.29, 0.717) is 5.88 Å². The normalized spacial score (nSPS) is 11.3. The van der Waals surface area contributed by atoms with E-state index in [1.807, 2.05) is 12.3 Å². The van der Waals surface area contributed by atoms with Gasteiger partial charge in [-0.2, -0.15) is 0 Å². The summed E-state index contributed by atoms with van der Waals surface area (Å²) in [7, 11) is 0. The Morgan fingerprint density at radius 2 is 2.06 bits per heavy atom. The molecule has 0 fully saturated rings. The van der Waals surface area contributed by atoms with Crippen molar-refractivity contribution in [1.82, 2.24) is 9.97 Å². The van der Waals surface area contributed by atoms with Crippen LogP contribution in [0.25, 0.3) is 21.8 Å². The van der Waals surface area contributed by atoms with Gasteiger partial charge in [-0.25, -0.2) is 0 Å². The van der Waals surface area contributed by atoms with E-state index in [1.54, 1.807) is 6.20 Å². The maximum absolute atomic E-state index is 5.75. The second kappa shape index (κ2) is 3.80. The number of nitrogens with zero attached hydrogens (tertiary/aromatic N) is 1. The molecule has 0 aliphatic rings. The Morgan fingerprint density at radius 3 is 2.94 bits per heavy atom. The molecule has 0 spiro atoms. The van der Waals surface area contributed by atoms with Gasteiger partial charge >= 0.3 is 0 Å². The quantitative estimate of drug-likeness (QED) is 0.671. The van der Waals surface area contributed by atoms with E-state index in [2.05, 4.69) is 28.2 Å². The van der Waals surface area contributed by atoms with E-state index >= 15 is 0 Å². The number of nitrogens with one attached hydrogen (secondary N) is 1. The molecule has 2 aromatic heterocycles. The van der Waals surface area contributed by atoms with E-state index in [4.69, 9.17) is 11.6 Å². The molecule has 1 N–H and O–H groups in total. The Bertz CT molecular complexity index is 643. The van der Waals surface area contributed by atoms with E-state index < -0.39 is 0 Å². The zero-order chi connectivity index (χ0) is 11.0. The first-order valence-electron chi connectivity index (χ1n) is 5.29. The summed E-state index contributed by atoms with van der Waals surface area (Å²) in [6, 6.07) is 8.43. The van der Waals surface area contributed by atoms with Crippen molar-refractivity contribution in [1.29, 1.82) is 0 Å². The molecule has 3 rings (SSSR count). The molecule has 1 aromatic carbocycles. The van der Waals surface area contributed by atoms with Crippen molar-refractivity contribution in [3.63, 3.8) is 0 Å². The van der Waals surface area contributed by atoms with Crippen LogP contribution in [0.4, 0.5) is 0 Å². The summed E-state index contributed by atoms with van der Waals surface area (Å²) < 4.78 is 0. The molecule has 0 amide bonds. The number of hydrogen-bond acceptors (Lipinski definition) is 1. The predicted molar refractivity (Wildman–Crippen MR) is 68.0 cm³/mol. The first-order valence-corrected chi connectivity index (χ1v) is 5.82. The van der Waals surface area contributed by atoms with Crippen LogP contribution in [0.15, 0.2) is 36.7 Å². The average molecular weight is 231 g/mol. The molecule has 2 heterocycles. The SMILES string of the molecule is ClCCc1ccc2c(c1)[nH]c1ccncc12. The standard InChI is InChI=1S/C13H11ClN2/c14-5-3-9-1-2-10-11-8-15-6-4-12(11)16-13(10)7-9/h1-2,4,6-8,16H,3,5H2. The van der Waals surface area contributed by atoms with E-state index in [-0.39, 0.29) is 0 Å². The fraction of sp³-hybridized carbons (Fsp3) is 0.154. The summed E-state index contributed by atoms with van der Waals surface area (Å²) in [5.74, 6) is 0.660. The lowest BCUT2D eigenvalue weighted by Crippen LogP contribution is -1.84. The highest BCUT2D eigenvalue weighted by atomic mass is 35.5. The number of H-pyrrole nitrogens is 1. The molecule has 0 saturated heterocycles. The molecule has 0 bridgehead atoms. The van der Waals surface area contributed by atoms with Crippen molar-refractivity contribution < 1.29 is 0 Å². The molecule has 0 aliphatic carbocycles. The maximum Gasteiger partial charge on any atom is 0.0495 e. The number of benzene rings is 1. The molecule has 0 saturated carbocycles. The highest BCUT2D eigenvalue weighted by Gasteiger charge is 2.04. The van der Waals surface area contributed by atoms with Crippen molar-refractivity contribution in [2.24, 2.45) is 0 Å². The molecule has 0 unspecified atom stereocenters. The lowest BCUT2D eigenvalue weighted by atomic mass is 10.1. The van der Waals surface area contributed by atoms with Gasteiger partial charge in [0, 0.05) is 40.1 Å². The van der Waals surface area contributed by atoms with Gasteiger partial charge in [-0.15, -0.1) is 11.6 Å². The zero-order valence-corrected chi connectivity index (χ0v) is 9.46. The minimum atomic E-state index is 0.660. The van der Waals surface area contributed by atoms with Crippen molar-refractivity contribution >= 4 is 33.4 Å². The Hall–Kier alpha value is -1.54. The molecule has 0 aliphatic heterocycles. The summed E-state index contributed by atoms with van der Waals surface area (Å²) in [5.41, 5.74) is 3.56. The summed E-state index contributed by atoms with van der Waals surface area (Å²) in [6.45, 7) is 0. The fourth-order valence-corrected chi connectivity index (χ4v) is 2.28. The molecular formula is C13H11ClN2. The third-order valence-electron chi connectivity index (χ3n) is 2.85. The lowest BCUT2D eigenvalue weighted by molar-refractivity contribution is 1.15. The largest absolute Gasteiger partial charge is 0.354 e. The molecule has 80 valence electrons. The van der Waals surface area contributed by atoms with Gasteiger partial charge in [-0.1, -0.05) is 12.1 Å². The Labute approximate surface area is 98.3 Å². The number of aromatic amines is 1. The first kappa shape index (κ1) is 9.67. The molecule has 0 radical (unpaired) electrons. The Balaban J connectivity index is 2.28. The number of fused-ring (bicyclic) bond motifs is 3. The van der Waals surface area contributed by atoms with Crippen LogP contribution in [-0.4, -0.2) is 15.8 Å². The van der Waals surface area contributed by atoms with Gasteiger partial charge in [0.15, 0.2) is 0 Å². The summed E-state index contributed by atoms with van der Waals surface area (Å²) >= 11 is 5.75. The summed E-state index contributed by atoms with van der Waals surface area (Å²) in [6.07, 6.45) is 4.61. The minimum Gasteiger partial charge on any atom is -0.354 e. The van der Waals surface area contributed by atoms with Crippen LogP contribution < -0.4 is 0 Å². The molecule has 3 heteroatoms. The van der Waals surface area contributed by atoms with Gasteiger partial charge in [-0.05, 0) is 24.1 Å². The van der Waals surface area contributed by atoms with Gasteiger partial charge < -0.3 is 4.98 Å². The number of aromatic nitrogens is 2. The van der Waals surface area contributed by atoms with Crippen molar-refractivity contribution in [2.75, 3.05) is 5.88 Å². The van der Waals surface area contributed by atoms with Gasteiger partial charge in [0.2, 0.25) is 0 Å². The lowest BCUT2D eigenvalue weighted by Gasteiger charge is -1.97. The van der Waals surface area contributed by atoms with Crippen molar-refractivity contribution in [2.45, 2.75) is 6.42 Å². The molecule has 3 aromatic rings. The number of alkyl halides is 1. The molecule has 2 nitrogen and oxygen atoms in total. The minimum absolute atomic E-state index is 0.660. The Morgan fingerprint density at radius 1 is 1.12 bits per heavy atom. The average Bonchev–Trinajstić information content (AvgIpc) is 2.67. The highest BCUT2D eigenvalue weighted by Crippen LogP contribution is 2.25. The van der Waals surface area contributed by atoms with Crippen LogP contribution in [0.3, 0.4) is 0 Å². The molecule has 16 heavy (non-hydrogen) atoms. The zero-order valence-electron chi connectivity index (χ0n) is 8.70. The van der Waals surface area contributed by atoms with Gasteiger partial charge in [0.25, 0.3) is 0 Å². The maximum atomic E-state index is 5.75. The third-order valence-corrected chi connectivity index (χ3v) is 3.04. The van der Waals surface area contributed by atoms with E-state index in [1.165, 1.54) is 16.3 Å². The van der Waals surface area contributed by atoms with Gasteiger partial charge in [0.05, 0.1) is 0 Å². The highest BCUT2D eigenvalue weighted by molar-refractivity contribution is 6.18. The topological polar surface area (TPSA) is 28.7 Å². The second-order valence-electron chi connectivity index (χ2n) is 3.87. The number of hydrogen-bond donors (Lipinski definition) is 1. The van der Waals surface area contributed by atoms with E-state index in [0.717, 1.165) is 17.5 Å². The van der Waals surface area contributed by atoms with Crippen LogP contribution in [0, 0.1) is 0 Å². The van der Waals surface area contributed by atoms with Gasteiger partial charge in [0.1, 0.15) is 0 Å². The van der Waals surface area contributed by atoms with Crippen LogP contribution in [0.5, 0.6) is 0 Å². The van der Waals surface area contributed by atoms with Crippen LogP contribution in [0.2, 0.25) is 0 Å². The number of aryl methyl sites for hydroxylation is 1. The third kappa shape index (κ3) is 1.46. The molecule has 0 atom stereocenters. The Kier molecular flexibility index (Phi) is 2.29.